The van der Waals surface area contributed by atoms with Gasteiger partial charge in [-0.15, -0.1) is 0 Å². The Labute approximate surface area is 88.0 Å². The van der Waals surface area contributed by atoms with E-state index in [1.54, 1.807) is 6.07 Å². The number of esters is 1. The van der Waals surface area contributed by atoms with E-state index in [1.165, 1.54) is 7.11 Å². The van der Waals surface area contributed by atoms with Gasteiger partial charge < -0.3 is 15.2 Å². The Morgan fingerprint density at radius 1 is 1.67 bits per heavy atom. The van der Waals surface area contributed by atoms with Crippen molar-refractivity contribution in [3.05, 3.63) is 29.3 Å². The molecular formula is C11H13NO3. The zero-order valence-electron chi connectivity index (χ0n) is 8.53. The molecule has 2 rings (SSSR count). The number of rotatable bonds is 2. The number of para-hydroxylation sites is 1. The second-order valence-corrected chi connectivity index (χ2v) is 3.46. The second-order valence-electron chi connectivity index (χ2n) is 3.46. The van der Waals surface area contributed by atoms with Gasteiger partial charge in [0.1, 0.15) is 11.3 Å². The number of carbonyl (C=O) groups excluding carboxylic acids is 1. The van der Waals surface area contributed by atoms with Crippen LogP contribution in [0.5, 0.6) is 5.75 Å². The highest BCUT2D eigenvalue weighted by molar-refractivity contribution is 5.93. The van der Waals surface area contributed by atoms with Crippen LogP contribution in [0, 0.1) is 0 Å². The van der Waals surface area contributed by atoms with Crippen molar-refractivity contribution >= 4 is 5.97 Å². The van der Waals surface area contributed by atoms with E-state index in [4.69, 9.17) is 10.5 Å². The van der Waals surface area contributed by atoms with E-state index in [-0.39, 0.29) is 11.9 Å². The van der Waals surface area contributed by atoms with Crippen LogP contribution in [0.25, 0.3) is 0 Å². The molecule has 1 aromatic rings. The Balaban J connectivity index is 2.44. The molecule has 80 valence electrons. The smallest absolute Gasteiger partial charge is 0.341 e. The van der Waals surface area contributed by atoms with E-state index < -0.39 is 0 Å². The zero-order valence-corrected chi connectivity index (χ0v) is 8.53. The van der Waals surface area contributed by atoms with Gasteiger partial charge in [-0.1, -0.05) is 12.1 Å². The van der Waals surface area contributed by atoms with Gasteiger partial charge in [0, 0.05) is 18.0 Å². The van der Waals surface area contributed by atoms with Crippen LogP contribution in [0.15, 0.2) is 18.2 Å². The lowest BCUT2D eigenvalue weighted by Crippen LogP contribution is -2.13. The maximum atomic E-state index is 11.4. The van der Waals surface area contributed by atoms with E-state index >= 15 is 0 Å². The Bertz CT molecular complexity index is 389. The largest absolute Gasteiger partial charge is 0.492 e. The third-order valence-electron chi connectivity index (χ3n) is 2.60. The molecule has 4 nitrogen and oxygen atoms in total. The van der Waals surface area contributed by atoms with Crippen LogP contribution in [0.2, 0.25) is 0 Å². The van der Waals surface area contributed by atoms with Gasteiger partial charge in [0.2, 0.25) is 0 Å². The van der Waals surface area contributed by atoms with Gasteiger partial charge >= 0.3 is 5.97 Å². The zero-order chi connectivity index (χ0) is 10.8. The predicted octanol–water partition coefficient (Wildman–Crippen LogP) is 0.908. The minimum absolute atomic E-state index is 0.185. The van der Waals surface area contributed by atoms with Gasteiger partial charge in [-0.2, -0.15) is 0 Å². The molecule has 0 radical (unpaired) electrons. The highest BCUT2D eigenvalue weighted by Crippen LogP contribution is 2.36. The average molecular weight is 207 g/mol. The molecule has 0 saturated heterocycles. The van der Waals surface area contributed by atoms with Crippen LogP contribution < -0.4 is 10.5 Å². The first-order chi connectivity index (χ1) is 7.27. The lowest BCUT2D eigenvalue weighted by molar-refractivity contribution is 0.0597. The van der Waals surface area contributed by atoms with Crippen LogP contribution in [0.3, 0.4) is 0 Å². The molecule has 1 atom stereocenters. The van der Waals surface area contributed by atoms with E-state index in [0.29, 0.717) is 24.5 Å². The van der Waals surface area contributed by atoms with E-state index in [0.717, 1.165) is 5.56 Å². The fourth-order valence-corrected chi connectivity index (χ4v) is 1.78. The molecule has 2 N–H and O–H groups in total. The van der Waals surface area contributed by atoms with Gasteiger partial charge in [0.05, 0.1) is 13.7 Å². The average Bonchev–Trinajstić information content (AvgIpc) is 2.70. The van der Waals surface area contributed by atoms with Crippen molar-refractivity contribution in [2.24, 2.45) is 5.73 Å². The molecule has 1 aromatic carbocycles. The number of methoxy groups -OCH3 is 1. The molecule has 0 spiro atoms. The first kappa shape index (κ1) is 9.98. The normalized spacial score (nSPS) is 18.1. The summed E-state index contributed by atoms with van der Waals surface area (Å²) in [7, 11) is 1.36. The van der Waals surface area contributed by atoms with Gasteiger partial charge in [-0.25, -0.2) is 4.79 Å². The van der Waals surface area contributed by atoms with Gasteiger partial charge in [0.25, 0.3) is 0 Å². The number of fused-ring (bicyclic) bond motifs is 1. The molecule has 0 unspecified atom stereocenters. The van der Waals surface area contributed by atoms with Crippen molar-refractivity contribution in [1.82, 2.24) is 0 Å². The first-order valence-electron chi connectivity index (χ1n) is 4.82. The van der Waals surface area contributed by atoms with Crippen molar-refractivity contribution < 1.29 is 14.3 Å². The van der Waals surface area contributed by atoms with Crippen molar-refractivity contribution in [1.29, 1.82) is 0 Å². The first-order valence-corrected chi connectivity index (χ1v) is 4.82. The molecular weight excluding hydrogens is 194 g/mol. The number of carbonyl (C=O) groups is 1. The third-order valence-corrected chi connectivity index (χ3v) is 2.60. The van der Waals surface area contributed by atoms with Crippen LogP contribution in [-0.2, 0) is 4.74 Å². The lowest BCUT2D eigenvalue weighted by atomic mass is 9.99. The predicted molar refractivity (Wildman–Crippen MR) is 55.1 cm³/mol. The number of ether oxygens (including phenoxy) is 2. The molecule has 0 aliphatic carbocycles. The van der Waals surface area contributed by atoms with Crippen LogP contribution in [-0.4, -0.2) is 26.2 Å². The van der Waals surface area contributed by atoms with Crippen molar-refractivity contribution in [3.63, 3.8) is 0 Å². The summed E-state index contributed by atoms with van der Waals surface area (Å²) in [4.78, 5) is 11.4. The minimum atomic E-state index is -0.371. The van der Waals surface area contributed by atoms with E-state index in [2.05, 4.69) is 4.74 Å². The highest BCUT2D eigenvalue weighted by Gasteiger charge is 2.27. The van der Waals surface area contributed by atoms with Crippen LogP contribution >= 0.6 is 0 Å². The highest BCUT2D eigenvalue weighted by atomic mass is 16.5. The van der Waals surface area contributed by atoms with E-state index in [1.807, 2.05) is 12.1 Å². The summed E-state index contributed by atoms with van der Waals surface area (Å²) in [5.41, 5.74) is 7.09. The molecule has 15 heavy (non-hydrogen) atoms. The molecule has 0 bridgehead atoms. The Morgan fingerprint density at radius 2 is 2.47 bits per heavy atom. The number of hydrogen-bond acceptors (Lipinski definition) is 4. The number of nitrogens with two attached hydrogens (primary N) is 1. The minimum Gasteiger partial charge on any atom is -0.492 e. The maximum absolute atomic E-state index is 11.4. The number of benzene rings is 1. The van der Waals surface area contributed by atoms with Crippen LogP contribution in [0.4, 0.5) is 0 Å². The standard InChI is InChI=1S/C11H13NO3/c1-14-11(13)9-4-2-3-8-7(5-12)6-15-10(8)9/h2-4,7H,5-6,12H2,1H3/t7-/m0/s1. The van der Waals surface area contributed by atoms with Gasteiger partial charge in [0.15, 0.2) is 0 Å². The topological polar surface area (TPSA) is 61.5 Å². The number of hydrogen-bond donors (Lipinski definition) is 1. The summed E-state index contributed by atoms with van der Waals surface area (Å²) >= 11 is 0. The van der Waals surface area contributed by atoms with Gasteiger partial charge in [-0.3, -0.25) is 0 Å². The molecule has 0 saturated carbocycles. The van der Waals surface area contributed by atoms with Crippen LogP contribution in [0.1, 0.15) is 21.8 Å². The molecule has 1 aliphatic heterocycles. The third kappa shape index (κ3) is 1.57. The lowest BCUT2D eigenvalue weighted by Gasteiger charge is -2.06. The van der Waals surface area contributed by atoms with Crippen molar-refractivity contribution in [2.75, 3.05) is 20.3 Å². The van der Waals surface area contributed by atoms with E-state index in [9.17, 15) is 4.79 Å². The molecule has 0 fully saturated rings. The Hall–Kier alpha value is -1.55. The molecule has 4 heteroatoms. The fourth-order valence-electron chi connectivity index (χ4n) is 1.78. The van der Waals surface area contributed by atoms with Crippen molar-refractivity contribution in [3.8, 4) is 5.75 Å². The van der Waals surface area contributed by atoms with Gasteiger partial charge in [-0.05, 0) is 6.07 Å². The summed E-state index contributed by atoms with van der Waals surface area (Å²) in [6.07, 6.45) is 0. The summed E-state index contributed by atoms with van der Waals surface area (Å²) < 4.78 is 10.2. The second kappa shape index (κ2) is 3.90. The Kier molecular flexibility index (Phi) is 2.60. The summed E-state index contributed by atoms with van der Waals surface area (Å²) in [6, 6.07) is 5.46. The maximum Gasteiger partial charge on any atom is 0.341 e. The summed E-state index contributed by atoms with van der Waals surface area (Å²) in [5.74, 6) is 0.439. The molecule has 0 amide bonds. The quantitative estimate of drug-likeness (QED) is 0.732. The van der Waals surface area contributed by atoms with Crippen molar-refractivity contribution in [2.45, 2.75) is 5.92 Å². The molecule has 1 aliphatic rings. The molecule has 0 aromatic heterocycles. The monoisotopic (exact) mass is 207 g/mol. The summed E-state index contributed by atoms with van der Waals surface area (Å²) in [5, 5.41) is 0. The fraction of sp³-hybridized carbons (Fsp3) is 0.364. The molecule has 1 heterocycles. The summed E-state index contributed by atoms with van der Waals surface area (Å²) in [6.45, 7) is 1.07. The SMILES string of the molecule is COC(=O)c1cccc2c1OC[C@@H]2CN. The Morgan fingerprint density at radius 3 is 3.13 bits per heavy atom.